The van der Waals surface area contributed by atoms with Gasteiger partial charge in [-0.3, -0.25) is 0 Å². The smallest absolute Gasteiger partial charge is 0.342 e. The van der Waals surface area contributed by atoms with Crippen LogP contribution in [0.2, 0.25) is 0 Å². The summed E-state index contributed by atoms with van der Waals surface area (Å²) in [6.07, 6.45) is 0. The molecule has 128 valence electrons. The molecule has 0 fully saturated rings. The van der Waals surface area contributed by atoms with E-state index in [0.717, 1.165) is 4.47 Å². The number of esters is 1. The molecule has 25 heavy (non-hydrogen) atoms. The van der Waals surface area contributed by atoms with Crippen molar-refractivity contribution in [1.82, 2.24) is 0 Å². The third-order valence-electron chi connectivity index (χ3n) is 3.60. The van der Waals surface area contributed by atoms with Crippen LogP contribution in [-0.2, 0) is 4.74 Å². The van der Waals surface area contributed by atoms with Gasteiger partial charge in [0.2, 0.25) is 0 Å². The number of ether oxygens (including phenoxy) is 2. The molecule has 6 heteroatoms. The van der Waals surface area contributed by atoms with Crippen molar-refractivity contribution in [1.29, 1.82) is 0 Å². The van der Waals surface area contributed by atoms with E-state index in [1.165, 1.54) is 6.07 Å². The first-order valence-electron chi connectivity index (χ1n) is 7.55. The van der Waals surface area contributed by atoms with Crippen LogP contribution >= 0.6 is 15.9 Å². The third-order valence-corrected chi connectivity index (χ3v) is 4.09. The molecule has 0 heterocycles. The summed E-state index contributed by atoms with van der Waals surface area (Å²) >= 11 is 3.34. The predicted octanol–water partition coefficient (Wildman–Crippen LogP) is 4.25. The standard InChI is InChI=1S/C19H15BrO5/c20-12-4-3-5-13(10-12)24-8-9-25-19(23)16-11-17(21)14-6-1-2-7-15(14)18(16)22/h1-7,10-11,21-22H,8-9H2. The first kappa shape index (κ1) is 17.1. The van der Waals surface area contributed by atoms with E-state index >= 15 is 0 Å². The SMILES string of the molecule is O=C(OCCOc1cccc(Br)c1)c1cc(O)c2ccccc2c1O. The first-order chi connectivity index (χ1) is 12.1. The topological polar surface area (TPSA) is 76.0 Å². The Hall–Kier alpha value is -2.73. The Labute approximate surface area is 152 Å². The zero-order valence-electron chi connectivity index (χ0n) is 13.1. The summed E-state index contributed by atoms with van der Waals surface area (Å²) in [6.45, 7) is 0.181. The number of carbonyl (C=O) groups is 1. The molecule has 0 aliphatic heterocycles. The van der Waals surface area contributed by atoms with Crippen molar-refractivity contribution < 1.29 is 24.5 Å². The molecule has 3 rings (SSSR count). The predicted molar refractivity (Wildman–Crippen MR) is 97.2 cm³/mol. The minimum absolute atomic E-state index is 0.0123. The molecular formula is C19H15BrO5. The van der Waals surface area contributed by atoms with E-state index in [1.54, 1.807) is 36.4 Å². The maximum absolute atomic E-state index is 12.2. The lowest BCUT2D eigenvalue weighted by atomic mass is 10.0. The van der Waals surface area contributed by atoms with Crippen molar-refractivity contribution >= 4 is 32.7 Å². The van der Waals surface area contributed by atoms with E-state index in [1.807, 2.05) is 12.1 Å². The molecule has 0 spiro atoms. The second kappa shape index (κ2) is 7.44. The summed E-state index contributed by atoms with van der Waals surface area (Å²) in [5.74, 6) is -0.384. The molecule has 0 atom stereocenters. The second-order valence-electron chi connectivity index (χ2n) is 5.28. The van der Waals surface area contributed by atoms with Gasteiger partial charge in [0.1, 0.15) is 36.0 Å². The molecule has 0 aliphatic rings. The molecule has 0 amide bonds. The van der Waals surface area contributed by atoms with Gasteiger partial charge in [-0.05, 0) is 24.3 Å². The fourth-order valence-corrected chi connectivity index (χ4v) is 2.80. The second-order valence-corrected chi connectivity index (χ2v) is 6.19. The number of phenolic OH excluding ortho intramolecular Hbond substituents is 2. The Morgan fingerprint density at radius 3 is 2.48 bits per heavy atom. The molecule has 3 aromatic rings. The van der Waals surface area contributed by atoms with Gasteiger partial charge in [0.05, 0.1) is 0 Å². The normalized spacial score (nSPS) is 10.6. The fourth-order valence-electron chi connectivity index (χ4n) is 2.42. The Bertz CT molecular complexity index is 923. The van der Waals surface area contributed by atoms with E-state index in [4.69, 9.17) is 9.47 Å². The Balaban J connectivity index is 1.65. The van der Waals surface area contributed by atoms with E-state index in [9.17, 15) is 15.0 Å². The Kier molecular flexibility index (Phi) is 5.09. The molecule has 0 bridgehead atoms. The number of phenols is 2. The van der Waals surface area contributed by atoms with Crippen molar-refractivity contribution in [3.8, 4) is 17.2 Å². The lowest BCUT2D eigenvalue weighted by Crippen LogP contribution is -2.12. The molecule has 0 radical (unpaired) electrons. The minimum Gasteiger partial charge on any atom is -0.507 e. The van der Waals surface area contributed by atoms with Crippen LogP contribution in [0.5, 0.6) is 17.2 Å². The molecule has 0 saturated carbocycles. The summed E-state index contributed by atoms with van der Waals surface area (Å²) in [4.78, 5) is 12.2. The van der Waals surface area contributed by atoms with Crippen LogP contribution in [0.4, 0.5) is 0 Å². The maximum atomic E-state index is 12.2. The summed E-state index contributed by atoms with van der Waals surface area (Å²) in [5.41, 5.74) is -0.0846. The van der Waals surface area contributed by atoms with Gasteiger partial charge in [0.25, 0.3) is 0 Å². The van der Waals surface area contributed by atoms with E-state index in [2.05, 4.69) is 15.9 Å². The molecule has 0 aromatic heterocycles. The van der Waals surface area contributed by atoms with Crippen molar-refractivity contribution in [2.75, 3.05) is 13.2 Å². The fraction of sp³-hybridized carbons (Fsp3) is 0.105. The van der Waals surface area contributed by atoms with Crippen LogP contribution in [0.15, 0.2) is 59.1 Å². The number of benzene rings is 3. The number of hydrogen-bond donors (Lipinski definition) is 2. The first-order valence-corrected chi connectivity index (χ1v) is 8.34. The zero-order valence-corrected chi connectivity index (χ0v) is 14.7. The monoisotopic (exact) mass is 402 g/mol. The van der Waals surface area contributed by atoms with E-state index < -0.39 is 5.97 Å². The van der Waals surface area contributed by atoms with Crippen LogP contribution in [-0.4, -0.2) is 29.4 Å². The average Bonchev–Trinajstić information content (AvgIpc) is 2.62. The highest BCUT2D eigenvalue weighted by Gasteiger charge is 2.18. The van der Waals surface area contributed by atoms with Crippen LogP contribution in [0.25, 0.3) is 10.8 Å². The van der Waals surface area contributed by atoms with Gasteiger partial charge in [0.15, 0.2) is 0 Å². The lowest BCUT2D eigenvalue weighted by Gasteiger charge is -2.11. The number of carbonyl (C=O) groups excluding carboxylic acids is 1. The van der Waals surface area contributed by atoms with Crippen LogP contribution in [0, 0.1) is 0 Å². The molecule has 3 aromatic carbocycles. The van der Waals surface area contributed by atoms with Crippen molar-refractivity contribution in [2.24, 2.45) is 0 Å². The third kappa shape index (κ3) is 3.85. The molecule has 2 N–H and O–H groups in total. The lowest BCUT2D eigenvalue weighted by molar-refractivity contribution is 0.0447. The largest absolute Gasteiger partial charge is 0.507 e. The zero-order chi connectivity index (χ0) is 17.8. The average molecular weight is 403 g/mol. The van der Waals surface area contributed by atoms with Crippen LogP contribution in [0.3, 0.4) is 0 Å². The van der Waals surface area contributed by atoms with Gasteiger partial charge in [0, 0.05) is 15.2 Å². The highest BCUT2D eigenvalue weighted by Crippen LogP contribution is 2.35. The quantitative estimate of drug-likeness (QED) is 0.379. The van der Waals surface area contributed by atoms with E-state index in [-0.39, 0.29) is 30.3 Å². The van der Waals surface area contributed by atoms with E-state index in [0.29, 0.717) is 16.5 Å². The highest BCUT2D eigenvalue weighted by atomic mass is 79.9. The number of rotatable bonds is 5. The number of fused-ring (bicyclic) bond motifs is 1. The maximum Gasteiger partial charge on any atom is 0.342 e. The molecule has 0 unspecified atom stereocenters. The van der Waals surface area contributed by atoms with Gasteiger partial charge in [-0.1, -0.05) is 46.3 Å². The molecule has 0 saturated heterocycles. The van der Waals surface area contributed by atoms with Gasteiger partial charge in [-0.15, -0.1) is 0 Å². The summed E-state index contributed by atoms with van der Waals surface area (Å²) in [7, 11) is 0. The van der Waals surface area contributed by atoms with Crippen molar-refractivity contribution in [3.63, 3.8) is 0 Å². The minimum atomic E-state index is -0.726. The Morgan fingerprint density at radius 1 is 0.960 bits per heavy atom. The highest BCUT2D eigenvalue weighted by molar-refractivity contribution is 9.10. The van der Waals surface area contributed by atoms with Crippen molar-refractivity contribution in [2.45, 2.75) is 0 Å². The number of aromatic hydroxyl groups is 2. The van der Waals surface area contributed by atoms with Gasteiger partial charge in [-0.25, -0.2) is 4.79 Å². The van der Waals surface area contributed by atoms with Crippen LogP contribution in [0.1, 0.15) is 10.4 Å². The number of hydrogen-bond acceptors (Lipinski definition) is 5. The molecule has 0 aliphatic carbocycles. The summed E-state index contributed by atoms with van der Waals surface area (Å²) in [5, 5.41) is 21.1. The summed E-state index contributed by atoms with van der Waals surface area (Å²) in [6, 6.07) is 15.2. The van der Waals surface area contributed by atoms with Crippen LogP contribution < -0.4 is 4.74 Å². The Morgan fingerprint density at radius 2 is 1.72 bits per heavy atom. The summed E-state index contributed by atoms with van der Waals surface area (Å²) < 4.78 is 11.5. The number of halogens is 1. The van der Waals surface area contributed by atoms with Gasteiger partial charge in [-0.2, -0.15) is 0 Å². The van der Waals surface area contributed by atoms with Gasteiger partial charge < -0.3 is 19.7 Å². The molecular weight excluding hydrogens is 388 g/mol. The van der Waals surface area contributed by atoms with Gasteiger partial charge >= 0.3 is 5.97 Å². The van der Waals surface area contributed by atoms with Crippen molar-refractivity contribution in [3.05, 3.63) is 64.6 Å². The molecule has 5 nitrogen and oxygen atoms in total.